The van der Waals surface area contributed by atoms with E-state index in [4.69, 9.17) is 4.74 Å². The largest absolute Gasteiger partial charge is 0.495 e. The zero-order chi connectivity index (χ0) is 17.5. The van der Waals surface area contributed by atoms with Gasteiger partial charge in [-0.1, -0.05) is 25.0 Å². The van der Waals surface area contributed by atoms with Crippen molar-refractivity contribution in [2.75, 3.05) is 7.11 Å². The van der Waals surface area contributed by atoms with Gasteiger partial charge >= 0.3 is 0 Å². The molecular formula is C20H23N3O2. The Labute approximate surface area is 147 Å². The van der Waals surface area contributed by atoms with Crippen LogP contribution >= 0.6 is 0 Å². The molecule has 0 aliphatic heterocycles. The number of aromatic nitrogens is 3. The second-order valence-electron chi connectivity index (χ2n) is 6.15. The molecule has 0 unspecified atom stereocenters. The minimum absolute atomic E-state index is 0.673. The number of aryl methyl sites for hydroxylation is 1. The molecule has 5 heteroatoms. The van der Waals surface area contributed by atoms with E-state index in [1.165, 1.54) is 0 Å². The van der Waals surface area contributed by atoms with Gasteiger partial charge in [0.1, 0.15) is 17.9 Å². The summed E-state index contributed by atoms with van der Waals surface area (Å²) in [5.41, 5.74) is 3.02. The summed E-state index contributed by atoms with van der Waals surface area (Å²) in [6, 6.07) is 8.16. The predicted octanol–water partition coefficient (Wildman–Crippen LogP) is 4.33. The molecule has 0 aliphatic rings. The van der Waals surface area contributed by atoms with Crippen LogP contribution in [0.1, 0.15) is 37.9 Å². The van der Waals surface area contributed by atoms with Gasteiger partial charge in [-0.3, -0.25) is 4.98 Å². The average molecular weight is 337 g/mol. The first-order valence-electron chi connectivity index (χ1n) is 8.72. The number of hydrogen-bond acceptors (Lipinski definition) is 4. The number of fused-ring (bicyclic) bond motifs is 1. The van der Waals surface area contributed by atoms with E-state index in [0.717, 1.165) is 72.1 Å². The molecule has 0 fully saturated rings. The lowest BCUT2D eigenvalue weighted by Gasteiger charge is -2.04. The first-order chi connectivity index (χ1) is 12.3. The number of pyridine rings is 1. The molecule has 0 radical (unpaired) electrons. The third-order valence-corrected chi connectivity index (χ3v) is 4.32. The van der Waals surface area contributed by atoms with E-state index in [9.17, 15) is 4.79 Å². The smallest absolute Gasteiger partial charge is 0.137 e. The minimum Gasteiger partial charge on any atom is -0.495 e. The van der Waals surface area contributed by atoms with Gasteiger partial charge in [0, 0.05) is 23.8 Å². The lowest BCUT2D eigenvalue weighted by atomic mass is 10.1. The quantitative estimate of drug-likeness (QED) is 0.466. The summed E-state index contributed by atoms with van der Waals surface area (Å²) in [6.45, 7) is 0. The summed E-state index contributed by atoms with van der Waals surface area (Å²) in [5, 5.41) is 1.05. The Kier molecular flexibility index (Phi) is 5.77. The highest BCUT2D eigenvalue weighted by Gasteiger charge is 2.06. The summed E-state index contributed by atoms with van der Waals surface area (Å²) in [6.07, 6.45) is 10.5. The number of rotatable bonds is 9. The van der Waals surface area contributed by atoms with Gasteiger partial charge in [0.2, 0.25) is 0 Å². The number of carbonyl (C=O) groups is 1. The molecule has 0 saturated heterocycles. The molecule has 0 saturated carbocycles. The van der Waals surface area contributed by atoms with Crippen molar-refractivity contribution in [2.45, 2.75) is 38.5 Å². The Morgan fingerprint density at radius 1 is 1.08 bits per heavy atom. The first-order valence-corrected chi connectivity index (χ1v) is 8.72. The number of imidazole rings is 1. The Morgan fingerprint density at radius 3 is 2.80 bits per heavy atom. The predicted molar refractivity (Wildman–Crippen MR) is 98.7 cm³/mol. The van der Waals surface area contributed by atoms with Crippen molar-refractivity contribution < 1.29 is 9.53 Å². The lowest BCUT2D eigenvalue weighted by molar-refractivity contribution is -0.107. The number of H-pyrrole nitrogens is 1. The summed E-state index contributed by atoms with van der Waals surface area (Å²) in [7, 11) is 1.64. The number of nitrogens with one attached hydrogen (secondary N) is 1. The van der Waals surface area contributed by atoms with E-state index in [1.807, 2.05) is 18.3 Å². The molecule has 1 N–H and O–H groups in total. The zero-order valence-electron chi connectivity index (χ0n) is 14.5. The number of nitrogens with zero attached hydrogens (tertiary/aromatic N) is 2. The number of benzene rings is 1. The van der Waals surface area contributed by atoms with Crippen LogP contribution in [-0.2, 0) is 11.2 Å². The summed E-state index contributed by atoms with van der Waals surface area (Å²) in [5.74, 6) is 1.77. The number of aromatic amines is 1. The van der Waals surface area contributed by atoms with Crippen molar-refractivity contribution in [3.63, 3.8) is 0 Å². The molecule has 0 spiro atoms. The van der Waals surface area contributed by atoms with Crippen molar-refractivity contribution in [3.05, 3.63) is 42.5 Å². The highest BCUT2D eigenvalue weighted by Crippen LogP contribution is 2.24. The van der Waals surface area contributed by atoms with E-state index in [1.54, 1.807) is 13.3 Å². The van der Waals surface area contributed by atoms with Gasteiger partial charge in [0.15, 0.2) is 0 Å². The standard InChI is InChI=1S/C20H23N3O2/c1-25-17-11-15-8-9-16(12-18(15)21-13-17)19-14-22-20(23-19)7-5-3-2-4-6-10-24/h8-14H,2-7H2,1H3,(H,22,23). The Bertz CT molecular complexity index is 842. The zero-order valence-corrected chi connectivity index (χ0v) is 14.5. The third kappa shape index (κ3) is 4.44. The van der Waals surface area contributed by atoms with Gasteiger partial charge in [-0.05, 0) is 25.0 Å². The van der Waals surface area contributed by atoms with Gasteiger partial charge < -0.3 is 14.5 Å². The summed E-state index contributed by atoms with van der Waals surface area (Å²) >= 11 is 0. The molecule has 0 bridgehead atoms. The molecule has 2 aromatic heterocycles. The Balaban J connectivity index is 1.63. The Morgan fingerprint density at radius 2 is 1.96 bits per heavy atom. The number of unbranched alkanes of at least 4 members (excludes halogenated alkanes) is 4. The van der Waals surface area contributed by atoms with E-state index in [-0.39, 0.29) is 0 Å². The minimum atomic E-state index is 0.673. The molecule has 2 heterocycles. The highest BCUT2D eigenvalue weighted by atomic mass is 16.5. The molecule has 0 amide bonds. The summed E-state index contributed by atoms with van der Waals surface area (Å²) in [4.78, 5) is 22.6. The van der Waals surface area contributed by atoms with E-state index < -0.39 is 0 Å². The SMILES string of the molecule is COc1cnc2cc(-c3cnc(CCCCCCC=O)[nH]3)ccc2c1. The topological polar surface area (TPSA) is 67.9 Å². The normalized spacial score (nSPS) is 10.9. The number of methoxy groups -OCH3 is 1. The maximum absolute atomic E-state index is 10.3. The second-order valence-corrected chi connectivity index (χ2v) is 6.15. The Hall–Kier alpha value is -2.69. The van der Waals surface area contributed by atoms with Crippen LogP contribution in [0.3, 0.4) is 0 Å². The fourth-order valence-electron chi connectivity index (χ4n) is 2.89. The monoisotopic (exact) mass is 337 g/mol. The second kappa shape index (κ2) is 8.42. The number of ether oxygens (including phenoxy) is 1. The molecule has 3 rings (SSSR count). The van der Waals surface area contributed by atoms with Crippen molar-refractivity contribution in [3.8, 4) is 17.0 Å². The third-order valence-electron chi connectivity index (χ3n) is 4.32. The van der Waals surface area contributed by atoms with Crippen LogP contribution in [0.25, 0.3) is 22.2 Å². The van der Waals surface area contributed by atoms with Gasteiger partial charge in [-0.2, -0.15) is 0 Å². The first kappa shape index (κ1) is 17.1. The van der Waals surface area contributed by atoms with E-state index in [2.05, 4.69) is 27.1 Å². The van der Waals surface area contributed by atoms with Crippen molar-refractivity contribution in [1.82, 2.24) is 15.0 Å². The van der Waals surface area contributed by atoms with E-state index >= 15 is 0 Å². The molecule has 0 atom stereocenters. The van der Waals surface area contributed by atoms with E-state index in [0.29, 0.717) is 6.42 Å². The fourth-order valence-corrected chi connectivity index (χ4v) is 2.89. The molecule has 0 aliphatic carbocycles. The highest BCUT2D eigenvalue weighted by molar-refractivity contribution is 5.84. The fraction of sp³-hybridized carbons (Fsp3) is 0.350. The van der Waals surface area contributed by atoms with Crippen LogP contribution in [0.15, 0.2) is 36.7 Å². The van der Waals surface area contributed by atoms with Crippen molar-refractivity contribution in [1.29, 1.82) is 0 Å². The molecule has 25 heavy (non-hydrogen) atoms. The van der Waals surface area contributed by atoms with Crippen molar-refractivity contribution in [2.24, 2.45) is 0 Å². The molecule has 5 nitrogen and oxygen atoms in total. The molecule has 3 aromatic rings. The van der Waals surface area contributed by atoms with Crippen LogP contribution < -0.4 is 4.74 Å². The average Bonchev–Trinajstić information content (AvgIpc) is 3.12. The maximum Gasteiger partial charge on any atom is 0.137 e. The van der Waals surface area contributed by atoms with Crippen LogP contribution in [0, 0.1) is 0 Å². The van der Waals surface area contributed by atoms with Crippen LogP contribution in [0.2, 0.25) is 0 Å². The summed E-state index contributed by atoms with van der Waals surface area (Å²) < 4.78 is 5.21. The van der Waals surface area contributed by atoms with Gasteiger partial charge in [-0.15, -0.1) is 0 Å². The van der Waals surface area contributed by atoms with Crippen LogP contribution in [0.4, 0.5) is 0 Å². The van der Waals surface area contributed by atoms with Crippen LogP contribution in [-0.4, -0.2) is 28.3 Å². The number of aldehydes is 1. The molecular weight excluding hydrogens is 314 g/mol. The van der Waals surface area contributed by atoms with Crippen LogP contribution in [0.5, 0.6) is 5.75 Å². The number of hydrogen-bond donors (Lipinski definition) is 1. The van der Waals surface area contributed by atoms with Gasteiger partial charge in [0.05, 0.1) is 30.7 Å². The molecule has 130 valence electrons. The lowest BCUT2D eigenvalue weighted by Crippen LogP contribution is -1.89. The van der Waals surface area contributed by atoms with Gasteiger partial charge in [0.25, 0.3) is 0 Å². The molecule has 1 aromatic carbocycles. The van der Waals surface area contributed by atoms with Gasteiger partial charge in [-0.25, -0.2) is 4.98 Å². The van der Waals surface area contributed by atoms with Crippen molar-refractivity contribution >= 4 is 17.2 Å². The number of carbonyl (C=O) groups excluding carboxylic acids is 1. The maximum atomic E-state index is 10.3.